The number of ether oxygens (including phenoxy) is 2. The Morgan fingerprint density at radius 1 is 1.30 bits per heavy atom. The van der Waals surface area contributed by atoms with Gasteiger partial charge >= 0.3 is 6.18 Å². The Labute approximate surface area is 183 Å². The van der Waals surface area contributed by atoms with Crippen LogP contribution in [0, 0.1) is 5.82 Å². The summed E-state index contributed by atoms with van der Waals surface area (Å²) in [5, 5.41) is 0. The maximum absolute atomic E-state index is 14.6. The number of halogens is 6. The molecule has 178 valence electrons. The van der Waals surface area contributed by atoms with Crippen LogP contribution >= 0.6 is 0 Å². The van der Waals surface area contributed by atoms with Gasteiger partial charge in [-0.05, 0) is 24.6 Å². The zero-order valence-electron chi connectivity index (χ0n) is 17.1. The number of carbonyl (C=O) groups excluding carboxylic acids is 1. The standard InChI is InChI=1S/C20H18F6N4O3/c1-19(6-15(20(24,25)26)33-18(27)30-19)11-4-10(2-3-12(11)21)5-14(31)13-7-29-17(8-28-13)32-9-16(22)23/h2-4,7-8,15-16H,5-6,9H2,1H3,(H2,27,30)/t15-,19-/m0/s1. The lowest BCUT2D eigenvalue weighted by Crippen LogP contribution is -2.46. The van der Waals surface area contributed by atoms with Crippen molar-refractivity contribution in [2.45, 2.75) is 44.0 Å². The normalized spacial score (nSPS) is 20.8. The van der Waals surface area contributed by atoms with Crippen molar-refractivity contribution in [3.8, 4) is 5.88 Å². The predicted molar refractivity (Wildman–Crippen MR) is 102 cm³/mol. The van der Waals surface area contributed by atoms with Gasteiger partial charge in [-0.15, -0.1) is 0 Å². The molecule has 1 aliphatic heterocycles. The van der Waals surface area contributed by atoms with Gasteiger partial charge in [-0.3, -0.25) is 4.79 Å². The molecule has 2 heterocycles. The number of Topliss-reactive ketones (excluding diaryl/α,β-unsaturated/α-hetero) is 1. The summed E-state index contributed by atoms with van der Waals surface area (Å²) in [5.41, 5.74) is 3.71. The second-order valence-electron chi connectivity index (χ2n) is 7.43. The second kappa shape index (κ2) is 9.24. The quantitative estimate of drug-likeness (QED) is 0.485. The van der Waals surface area contributed by atoms with Crippen molar-refractivity contribution in [3.05, 3.63) is 53.2 Å². The van der Waals surface area contributed by atoms with Crippen LogP contribution in [0.4, 0.5) is 26.3 Å². The van der Waals surface area contributed by atoms with Crippen molar-refractivity contribution >= 4 is 11.8 Å². The molecule has 0 spiro atoms. The Kier molecular flexibility index (Phi) is 6.79. The highest BCUT2D eigenvalue weighted by Gasteiger charge is 2.50. The summed E-state index contributed by atoms with van der Waals surface area (Å²) in [6, 6.07) is 2.81. The molecule has 3 rings (SSSR count). The Balaban J connectivity index is 1.80. The first-order valence-electron chi connectivity index (χ1n) is 9.51. The molecule has 1 aromatic heterocycles. The number of alkyl halides is 5. The van der Waals surface area contributed by atoms with Crippen LogP contribution in [0.15, 0.2) is 35.6 Å². The summed E-state index contributed by atoms with van der Waals surface area (Å²) in [5.74, 6) is -1.57. The van der Waals surface area contributed by atoms with E-state index in [1.165, 1.54) is 19.1 Å². The Morgan fingerprint density at radius 3 is 2.64 bits per heavy atom. The molecule has 2 N–H and O–H groups in total. The summed E-state index contributed by atoms with van der Waals surface area (Å²) in [4.78, 5) is 23.9. The third-order valence-corrected chi connectivity index (χ3v) is 4.81. The first kappa shape index (κ1) is 24.3. The summed E-state index contributed by atoms with van der Waals surface area (Å²) in [6.45, 7) is 0.404. The molecule has 2 aromatic rings. The van der Waals surface area contributed by atoms with E-state index in [0.29, 0.717) is 0 Å². The molecule has 2 atom stereocenters. The average molecular weight is 476 g/mol. The van der Waals surface area contributed by atoms with E-state index in [2.05, 4.69) is 24.4 Å². The largest absolute Gasteiger partial charge is 0.470 e. The molecule has 1 aliphatic rings. The van der Waals surface area contributed by atoms with E-state index in [1.54, 1.807) is 0 Å². The molecule has 13 heteroatoms. The molecule has 33 heavy (non-hydrogen) atoms. The second-order valence-corrected chi connectivity index (χ2v) is 7.43. The molecule has 0 unspecified atom stereocenters. The van der Waals surface area contributed by atoms with Crippen molar-refractivity contribution in [1.82, 2.24) is 9.97 Å². The minimum atomic E-state index is -4.74. The van der Waals surface area contributed by atoms with Gasteiger partial charge in [0.25, 0.3) is 12.4 Å². The van der Waals surface area contributed by atoms with Crippen molar-refractivity contribution in [2.75, 3.05) is 6.61 Å². The highest BCUT2D eigenvalue weighted by atomic mass is 19.4. The van der Waals surface area contributed by atoms with Crippen molar-refractivity contribution in [1.29, 1.82) is 0 Å². The lowest BCUT2D eigenvalue weighted by atomic mass is 9.84. The third kappa shape index (κ3) is 5.90. The zero-order chi connectivity index (χ0) is 24.4. The van der Waals surface area contributed by atoms with Crippen LogP contribution in [-0.2, 0) is 16.7 Å². The van der Waals surface area contributed by atoms with Gasteiger partial charge in [-0.2, -0.15) is 13.2 Å². The number of nitrogens with two attached hydrogens (primary N) is 1. The molecule has 0 saturated heterocycles. The third-order valence-electron chi connectivity index (χ3n) is 4.81. The van der Waals surface area contributed by atoms with Crippen molar-refractivity contribution in [3.63, 3.8) is 0 Å². The highest BCUT2D eigenvalue weighted by molar-refractivity contribution is 5.95. The van der Waals surface area contributed by atoms with Gasteiger partial charge < -0.3 is 15.2 Å². The summed E-state index contributed by atoms with van der Waals surface area (Å²) >= 11 is 0. The number of rotatable bonds is 7. The first-order valence-corrected chi connectivity index (χ1v) is 9.51. The van der Waals surface area contributed by atoms with Crippen LogP contribution in [-0.4, -0.2) is 47.1 Å². The number of aromatic nitrogens is 2. The summed E-state index contributed by atoms with van der Waals surface area (Å²) in [6.07, 6.45) is -8.67. The molecule has 0 amide bonds. The monoisotopic (exact) mass is 476 g/mol. The maximum Gasteiger partial charge on any atom is 0.425 e. The van der Waals surface area contributed by atoms with E-state index < -0.39 is 54.9 Å². The van der Waals surface area contributed by atoms with Gasteiger partial charge in [0.2, 0.25) is 5.88 Å². The summed E-state index contributed by atoms with van der Waals surface area (Å²) in [7, 11) is 0. The van der Waals surface area contributed by atoms with Crippen LogP contribution in [0.5, 0.6) is 5.88 Å². The van der Waals surface area contributed by atoms with E-state index in [-0.39, 0.29) is 29.1 Å². The molecule has 0 fully saturated rings. The predicted octanol–water partition coefficient (Wildman–Crippen LogP) is 3.57. The van der Waals surface area contributed by atoms with Crippen LogP contribution in [0.25, 0.3) is 0 Å². The Hall–Kier alpha value is -3.38. The molecule has 0 saturated carbocycles. The number of ketones is 1. The van der Waals surface area contributed by atoms with E-state index in [0.717, 1.165) is 18.5 Å². The van der Waals surface area contributed by atoms with Crippen LogP contribution in [0.3, 0.4) is 0 Å². The lowest BCUT2D eigenvalue weighted by Gasteiger charge is -2.36. The number of nitrogens with zero attached hydrogens (tertiary/aromatic N) is 3. The molecule has 0 radical (unpaired) electrons. The minimum absolute atomic E-state index is 0.109. The first-order chi connectivity index (χ1) is 15.4. The fraction of sp³-hybridized carbons (Fsp3) is 0.400. The maximum atomic E-state index is 14.6. The zero-order valence-corrected chi connectivity index (χ0v) is 17.1. The van der Waals surface area contributed by atoms with Crippen LogP contribution < -0.4 is 10.5 Å². The van der Waals surface area contributed by atoms with E-state index in [1.807, 2.05) is 0 Å². The van der Waals surface area contributed by atoms with Crippen LogP contribution in [0.1, 0.15) is 35.0 Å². The van der Waals surface area contributed by atoms with Gasteiger partial charge in [-0.1, -0.05) is 6.07 Å². The number of hydrogen-bond acceptors (Lipinski definition) is 7. The van der Waals surface area contributed by atoms with E-state index >= 15 is 0 Å². The number of benzene rings is 1. The molecular formula is C20H18F6N4O3. The molecular weight excluding hydrogens is 458 g/mol. The average Bonchev–Trinajstić information content (AvgIpc) is 2.72. The highest BCUT2D eigenvalue weighted by Crippen LogP contribution is 2.41. The van der Waals surface area contributed by atoms with Gasteiger partial charge in [0.1, 0.15) is 11.5 Å². The molecule has 0 aliphatic carbocycles. The smallest absolute Gasteiger partial charge is 0.425 e. The molecule has 1 aromatic carbocycles. The van der Waals surface area contributed by atoms with Crippen molar-refractivity contribution < 1.29 is 40.6 Å². The fourth-order valence-electron chi connectivity index (χ4n) is 3.27. The number of amidine groups is 1. The minimum Gasteiger partial charge on any atom is -0.470 e. The van der Waals surface area contributed by atoms with Gasteiger partial charge in [-0.25, -0.2) is 28.1 Å². The number of carbonyl (C=O) groups is 1. The Morgan fingerprint density at radius 2 is 2.03 bits per heavy atom. The number of hydrogen-bond donors (Lipinski definition) is 1. The van der Waals surface area contributed by atoms with Gasteiger partial charge in [0, 0.05) is 18.4 Å². The fourth-order valence-corrected chi connectivity index (χ4v) is 3.27. The van der Waals surface area contributed by atoms with E-state index in [9.17, 15) is 31.1 Å². The Bertz CT molecular complexity index is 1050. The molecule has 0 bridgehead atoms. The van der Waals surface area contributed by atoms with Gasteiger partial charge in [0.15, 0.2) is 18.5 Å². The van der Waals surface area contributed by atoms with Crippen LogP contribution in [0.2, 0.25) is 0 Å². The number of aliphatic imine (C=N–C) groups is 1. The van der Waals surface area contributed by atoms with Gasteiger partial charge in [0.05, 0.1) is 17.9 Å². The lowest BCUT2D eigenvalue weighted by molar-refractivity contribution is -0.208. The topological polar surface area (TPSA) is 99.7 Å². The van der Waals surface area contributed by atoms with E-state index in [4.69, 9.17) is 5.73 Å². The summed E-state index contributed by atoms with van der Waals surface area (Å²) < 4.78 is 87.7. The van der Waals surface area contributed by atoms with Crippen molar-refractivity contribution in [2.24, 2.45) is 10.7 Å². The molecule has 7 nitrogen and oxygen atoms in total. The SMILES string of the molecule is C[C@@]1(c2cc(CC(=O)c3cnc(OCC(F)F)cn3)ccc2F)C[C@@H](C(F)(F)F)OC(N)=N1.